The zero-order valence-electron chi connectivity index (χ0n) is 20.7. The number of sulfone groups is 1. The van der Waals surface area contributed by atoms with Crippen molar-refractivity contribution >= 4 is 44.6 Å². The summed E-state index contributed by atoms with van der Waals surface area (Å²) >= 11 is 12.3. The largest absolute Gasteiger partial charge is 0.358 e. The summed E-state index contributed by atoms with van der Waals surface area (Å²) in [6.45, 7) is 0. The summed E-state index contributed by atoms with van der Waals surface area (Å²) < 4.78 is 45.3. The Morgan fingerprint density at radius 3 is 2.15 bits per heavy atom. The van der Waals surface area contributed by atoms with Crippen LogP contribution in [0.2, 0.25) is 10.0 Å². The summed E-state index contributed by atoms with van der Waals surface area (Å²) in [5.41, 5.74) is 2.24. The third-order valence-corrected chi connectivity index (χ3v) is 8.20. The monoisotopic (exact) mass is 584 g/mol. The van der Waals surface area contributed by atoms with Crippen LogP contribution in [0.5, 0.6) is 0 Å². The van der Waals surface area contributed by atoms with E-state index in [4.69, 9.17) is 27.9 Å². The van der Waals surface area contributed by atoms with Crippen LogP contribution in [0.15, 0.2) is 96.2 Å². The van der Waals surface area contributed by atoms with E-state index in [1.807, 2.05) is 24.3 Å². The van der Waals surface area contributed by atoms with Gasteiger partial charge in [-0.1, -0.05) is 53.5 Å². The van der Waals surface area contributed by atoms with Crippen LogP contribution in [0.1, 0.15) is 28.8 Å². The van der Waals surface area contributed by atoms with Crippen molar-refractivity contribution in [1.29, 1.82) is 0 Å². The number of hydrogen-bond donors (Lipinski definition) is 0. The molecule has 1 aliphatic rings. The van der Waals surface area contributed by atoms with Crippen molar-refractivity contribution in [3.05, 3.63) is 124 Å². The molecular weight excluding hydrogens is 562 g/mol. The van der Waals surface area contributed by atoms with E-state index in [-0.39, 0.29) is 22.8 Å². The summed E-state index contributed by atoms with van der Waals surface area (Å²) in [5, 5.41) is 1.09. The summed E-state index contributed by atoms with van der Waals surface area (Å²) in [6.07, 6.45) is 2.36. The van der Waals surface area contributed by atoms with Gasteiger partial charge < -0.3 is 4.74 Å². The first-order valence-corrected chi connectivity index (χ1v) is 14.6. The highest BCUT2D eigenvalue weighted by atomic mass is 35.5. The van der Waals surface area contributed by atoms with Gasteiger partial charge in [0.05, 0.1) is 22.8 Å². The number of carbonyl (C=O) groups is 1. The Hall–Kier alpha value is -3.30. The summed E-state index contributed by atoms with van der Waals surface area (Å²) in [5.74, 6) is -1.12. The number of nitrogens with zero attached hydrogens (tertiary/aromatic N) is 2. The number of rotatable bonds is 6. The number of aromatic nitrogens is 1. The Bertz CT molecular complexity index is 1600. The average Bonchev–Trinajstić information content (AvgIpc) is 2.91. The highest BCUT2D eigenvalue weighted by molar-refractivity contribution is 7.90. The maximum Gasteiger partial charge on any atom is 0.257 e. The molecule has 1 aromatic heterocycles. The van der Waals surface area contributed by atoms with Gasteiger partial charge in [-0.3, -0.25) is 14.7 Å². The van der Waals surface area contributed by atoms with E-state index in [0.717, 1.165) is 23.4 Å². The van der Waals surface area contributed by atoms with Gasteiger partial charge in [0.15, 0.2) is 9.84 Å². The zero-order valence-corrected chi connectivity index (χ0v) is 23.0. The molecule has 200 valence electrons. The number of hydrogen-bond acceptors (Lipinski definition) is 5. The molecule has 5 rings (SSSR count). The summed E-state index contributed by atoms with van der Waals surface area (Å²) in [4.78, 5) is 19.7. The Morgan fingerprint density at radius 2 is 1.59 bits per heavy atom. The van der Waals surface area contributed by atoms with Crippen LogP contribution in [-0.2, 0) is 25.8 Å². The molecule has 0 N–H and O–H groups in total. The Morgan fingerprint density at radius 1 is 0.949 bits per heavy atom. The normalized spacial score (nSPS) is 19.7. The third kappa shape index (κ3) is 5.84. The fourth-order valence-corrected chi connectivity index (χ4v) is 5.56. The van der Waals surface area contributed by atoms with E-state index in [9.17, 15) is 13.2 Å². The van der Waals surface area contributed by atoms with Crippen molar-refractivity contribution in [2.24, 2.45) is 0 Å². The molecule has 4 aromatic rings. The lowest BCUT2D eigenvalue weighted by atomic mass is 9.90. The SMILES string of the molecule is CS(=O)(=O)c1ccc(C[C@H]2O[C@H](c3ccc(Cl)cc3)C(c3ccc(Cl)cc3)N(c3cccnc3)C2=O)c(F)c1. The first-order chi connectivity index (χ1) is 18.6. The third-order valence-electron chi connectivity index (χ3n) is 6.58. The van der Waals surface area contributed by atoms with Gasteiger partial charge >= 0.3 is 0 Å². The zero-order chi connectivity index (χ0) is 27.7. The molecule has 39 heavy (non-hydrogen) atoms. The molecule has 1 unspecified atom stereocenters. The molecule has 0 aliphatic carbocycles. The number of benzene rings is 3. The van der Waals surface area contributed by atoms with Crippen molar-refractivity contribution < 1.29 is 22.3 Å². The molecule has 1 saturated heterocycles. The van der Waals surface area contributed by atoms with Crippen LogP contribution < -0.4 is 4.90 Å². The fourth-order valence-electron chi connectivity index (χ4n) is 4.68. The number of anilines is 1. The van der Waals surface area contributed by atoms with Gasteiger partial charge in [-0.25, -0.2) is 12.8 Å². The van der Waals surface area contributed by atoms with Crippen LogP contribution in [0.25, 0.3) is 0 Å². The van der Waals surface area contributed by atoms with Crippen LogP contribution >= 0.6 is 23.2 Å². The average molecular weight is 585 g/mol. The topological polar surface area (TPSA) is 76.6 Å². The number of ether oxygens (including phenoxy) is 1. The van der Waals surface area contributed by atoms with Gasteiger partial charge in [0.2, 0.25) is 0 Å². The molecule has 1 aliphatic heterocycles. The first-order valence-electron chi connectivity index (χ1n) is 12.0. The molecule has 10 heteroatoms. The number of morpholine rings is 1. The predicted molar refractivity (Wildman–Crippen MR) is 148 cm³/mol. The number of pyridine rings is 1. The first kappa shape index (κ1) is 27.3. The second-order valence-electron chi connectivity index (χ2n) is 9.24. The molecule has 6 nitrogen and oxygen atoms in total. The van der Waals surface area contributed by atoms with Crippen LogP contribution in [0, 0.1) is 5.82 Å². The maximum absolute atomic E-state index is 15.0. The lowest BCUT2D eigenvalue weighted by Gasteiger charge is -2.44. The second kappa shape index (κ2) is 11.1. The Balaban J connectivity index is 1.62. The molecule has 0 spiro atoms. The second-order valence-corrected chi connectivity index (χ2v) is 12.1. The number of carbonyl (C=O) groups excluding carboxylic acids is 1. The highest BCUT2D eigenvalue weighted by Gasteiger charge is 2.45. The van der Waals surface area contributed by atoms with Crippen molar-refractivity contribution in [3.8, 4) is 0 Å². The molecule has 0 saturated carbocycles. The molecular formula is C29H23Cl2FN2O4S. The molecule has 1 amide bonds. The standard InChI is InChI=1S/C29H23Cl2FN2O4S/c1-39(36,37)24-13-8-20(25(32)16-24)15-26-29(35)34(23-3-2-14-33-17-23)27(18-4-9-21(30)10-5-18)28(38-26)19-6-11-22(31)12-7-19/h2-14,16-17,26-28H,15H2,1H3/t26-,27?,28-/m1/s1. The molecule has 3 aromatic carbocycles. The Labute approximate surface area is 235 Å². The van der Waals surface area contributed by atoms with E-state index >= 15 is 4.39 Å². The molecule has 3 atom stereocenters. The molecule has 1 fully saturated rings. The summed E-state index contributed by atoms with van der Waals surface area (Å²) in [6, 6.07) is 20.8. The number of halogens is 3. The smallest absolute Gasteiger partial charge is 0.257 e. The van der Waals surface area contributed by atoms with Gasteiger partial charge in [-0.2, -0.15) is 0 Å². The van der Waals surface area contributed by atoms with Gasteiger partial charge in [0.1, 0.15) is 18.0 Å². The van der Waals surface area contributed by atoms with Gasteiger partial charge in [0.25, 0.3) is 5.91 Å². The van der Waals surface area contributed by atoms with E-state index < -0.39 is 33.9 Å². The lowest BCUT2D eigenvalue weighted by Crippen LogP contribution is -2.52. The Kier molecular flexibility index (Phi) is 7.73. The summed E-state index contributed by atoms with van der Waals surface area (Å²) in [7, 11) is -3.59. The molecule has 2 heterocycles. The quantitative estimate of drug-likeness (QED) is 0.262. The van der Waals surface area contributed by atoms with Crippen molar-refractivity contribution in [3.63, 3.8) is 0 Å². The van der Waals surface area contributed by atoms with Crippen LogP contribution in [-0.4, -0.2) is 31.7 Å². The number of amides is 1. The fraction of sp³-hybridized carbons (Fsp3) is 0.172. The highest BCUT2D eigenvalue weighted by Crippen LogP contribution is 2.45. The van der Waals surface area contributed by atoms with E-state index in [0.29, 0.717) is 15.7 Å². The van der Waals surface area contributed by atoms with Crippen molar-refractivity contribution in [2.75, 3.05) is 11.2 Å². The van der Waals surface area contributed by atoms with Crippen LogP contribution in [0.4, 0.5) is 10.1 Å². The molecule has 0 radical (unpaired) electrons. The lowest BCUT2D eigenvalue weighted by molar-refractivity contribution is -0.145. The minimum atomic E-state index is -3.59. The van der Waals surface area contributed by atoms with E-state index in [1.54, 1.807) is 53.7 Å². The van der Waals surface area contributed by atoms with Gasteiger partial charge in [0, 0.05) is 28.9 Å². The minimum absolute atomic E-state index is 0.108. The van der Waals surface area contributed by atoms with E-state index in [2.05, 4.69) is 4.98 Å². The van der Waals surface area contributed by atoms with E-state index in [1.165, 1.54) is 12.1 Å². The van der Waals surface area contributed by atoms with Gasteiger partial charge in [-0.05, 0) is 65.2 Å². The predicted octanol–water partition coefficient (Wildman–Crippen LogP) is 6.39. The molecule has 0 bridgehead atoms. The van der Waals surface area contributed by atoms with Crippen LogP contribution in [0.3, 0.4) is 0 Å². The van der Waals surface area contributed by atoms with Crippen molar-refractivity contribution in [2.45, 2.75) is 29.6 Å². The maximum atomic E-state index is 15.0. The minimum Gasteiger partial charge on any atom is -0.358 e. The van der Waals surface area contributed by atoms with Crippen molar-refractivity contribution in [1.82, 2.24) is 4.98 Å². The van der Waals surface area contributed by atoms with Gasteiger partial charge in [-0.15, -0.1) is 0 Å².